The molecule has 0 aliphatic heterocycles. The first-order valence-corrected chi connectivity index (χ1v) is 9.07. The van der Waals surface area contributed by atoms with E-state index in [0.717, 1.165) is 29.5 Å². The van der Waals surface area contributed by atoms with Crippen molar-refractivity contribution in [1.82, 2.24) is 9.62 Å². The molecular weight excluding hydrogens is 284 g/mol. The van der Waals surface area contributed by atoms with Crippen LogP contribution in [0.5, 0.6) is 0 Å². The van der Waals surface area contributed by atoms with Crippen LogP contribution in [-0.2, 0) is 16.6 Å². The van der Waals surface area contributed by atoms with E-state index >= 15 is 0 Å². The number of nitrogens with one attached hydrogen (secondary N) is 1. The van der Waals surface area contributed by atoms with Crippen LogP contribution >= 0.6 is 0 Å². The van der Waals surface area contributed by atoms with Gasteiger partial charge in [-0.25, -0.2) is 8.42 Å². The summed E-state index contributed by atoms with van der Waals surface area (Å²) in [6.07, 6.45) is 1.65. The Morgan fingerprint density at radius 3 is 2.14 bits per heavy atom. The Morgan fingerprint density at radius 2 is 1.67 bits per heavy atom. The van der Waals surface area contributed by atoms with E-state index in [4.69, 9.17) is 0 Å². The highest BCUT2D eigenvalue weighted by Gasteiger charge is 2.25. The summed E-state index contributed by atoms with van der Waals surface area (Å²) in [5, 5.41) is 3.08. The lowest BCUT2D eigenvalue weighted by atomic mass is 10.1. The van der Waals surface area contributed by atoms with Gasteiger partial charge in [-0.05, 0) is 56.5 Å². The van der Waals surface area contributed by atoms with Gasteiger partial charge in [0.1, 0.15) is 0 Å². The van der Waals surface area contributed by atoms with E-state index in [9.17, 15) is 8.42 Å². The van der Waals surface area contributed by atoms with Gasteiger partial charge in [-0.3, -0.25) is 0 Å². The summed E-state index contributed by atoms with van der Waals surface area (Å²) in [5.41, 5.74) is 2.88. The first kappa shape index (κ1) is 18.1. The molecule has 1 aromatic carbocycles. The summed E-state index contributed by atoms with van der Waals surface area (Å²) < 4.78 is 27.5. The van der Waals surface area contributed by atoms with E-state index in [1.165, 1.54) is 0 Å². The van der Waals surface area contributed by atoms with Crippen LogP contribution in [-0.4, -0.2) is 32.9 Å². The number of rotatable bonds is 8. The highest BCUT2D eigenvalue weighted by Crippen LogP contribution is 2.25. The van der Waals surface area contributed by atoms with Crippen LogP contribution in [0.4, 0.5) is 0 Å². The van der Waals surface area contributed by atoms with Crippen LogP contribution in [0.1, 0.15) is 43.4 Å². The Hall–Kier alpha value is -0.910. The molecule has 0 spiro atoms. The van der Waals surface area contributed by atoms with E-state index in [2.05, 4.69) is 11.4 Å². The fraction of sp³-hybridized carbons (Fsp3) is 0.625. The smallest absolute Gasteiger partial charge is 0.243 e. The predicted octanol–water partition coefficient (Wildman–Crippen LogP) is 2.83. The molecule has 0 aliphatic rings. The monoisotopic (exact) mass is 312 g/mol. The summed E-state index contributed by atoms with van der Waals surface area (Å²) >= 11 is 0. The third-order valence-electron chi connectivity index (χ3n) is 3.62. The maximum absolute atomic E-state index is 12.9. The van der Waals surface area contributed by atoms with Crippen LogP contribution in [0, 0.1) is 13.8 Å². The van der Waals surface area contributed by atoms with Gasteiger partial charge in [-0.2, -0.15) is 4.31 Å². The first-order chi connectivity index (χ1) is 9.88. The Labute approximate surface area is 129 Å². The standard InChI is InChI=1S/C16H28N2O2S/c1-6-8-18(9-7-2)21(19,20)16-11-15(12-17-5)10-13(3)14(16)4/h10-11,17H,6-9,12H2,1-5H3. The van der Waals surface area contributed by atoms with Gasteiger partial charge in [0, 0.05) is 19.6 Å². The molecule has 0 aromatic heterocycles. The third-order valence-corrected chi connectivity index (χ3v) is 5.65. The van der Waals surface area contributed by atoms with Gasteiger partial charge in [0.25, 0.3) is 0 Å². The highest BCUT2D eigenvalue weighted by molar-refractivity contribution is 7.89. The van der Waals surface area contributed by atoms with E-state index < -0.39 is 10.0 Å². The Bertz CT molecular complexity index is 562. The summed E-state index contributed by atoms with van der Waals surface area (Å²) in [6.45, 7) is 9.70. The average Bonchev–Trinajstić information content (AvgIpc) is 2.42. The largest absolute Gasteiger partial charge is 0.316 e. The van der Waals surface area contributed by atoms with Crippen molar-refractivity contribution < 1.29 is 8.42 Å². The predicted molar refractivity (Wildman–Crippen MR) is 88.0 cm³/mol. The normalized spacial score (nSPS) is 12.1. The van der Waals surface area contributed by atoms with Crippen molar-refractivity contribution in [3.8, 4) is 0 Å². The van der Waals surface area contributed by atoms with Gasteiger partial charge < -0.3 is 5.32 Å². The van der Waals surface area contributed by atoms with Gasteiger partial charge in [0.05, 0.1) is 4.90 Å². The summed E-state index contributed by atoms with van der Waals surface area (Å²) in [6, 6.07) is 3.86. The van der Waals surface area contributed by atoms with Crippen LogP contribution in [0.25, 0.3) is 0 Å². The van der Waals surface area contributed by atoms with E-state index in [0.29, 0.717) is 24.5 Å². The van der Waals surface area contributed by atoms with Crippen molar-refractivity contribution in [2.75, 3.05) is 20.1 Å². The van der Waals surface area contributed by atoms with Gasteiger partial charge in [-0.15, -0.1) is 0 Å². The zero-order chi connectivity index (χ0) is 16.0. The lowest BCUT2D eigenvalue weighted by Gasteiger charge is -2.23. The highest BCUT2D eigenvalue weighted by atomic mass is 32.2. The summed E-state index contributed by atoms with van der Waals surface area (Å²) in [5.74, 6) is 0. The lowest BCUT2D eigenvalue weighted by Crippen LogP contribution is -2.33. The molecule has 4 nitrogen and oxygen atoms in total. The minimum absolute atomic E-state index is 0.453. The maximum atomic E-state index is 12.9. The SMILES string of the molecule is CCCN(CCC)S(=O)(=O)c1cc(CNC)cc(C)c1C. The van der Waals surface area contributed by atoms with Gasteiger partial charge >= 0.3 is 0 Å². The maximum Gasteiger partial charge on any atom is 0.243 e. The molecular formula is C16H28N2O2S. The lowest BCUT2D eigenvalue weighted by molar-refractivity contribution is 0.409. The number of hydrogen-bond acceptors (Lipinski definition) is 3. The van der Waals surface area contributed by atoms with Gasteiger partial charge in [0.15, 0.2) is 0 Å². The molecule has 0 saturated carbocycles. The zero-order valence-electron chi connectivity index (χ0n) is 13.9. The molecule has 0 bridgehead atoms. The van der Waals surface area contributed by atoms with Crippen molar-refractivity contribution in [3.05, 3.63) is 28.8 Å². The van der Waals surface area contributed by atoms with Crippen LogP contribution in [0.15, 0.2) is 17.0 Å². The van der Waals surface area contributed by atoms with Crippen molar-refractivity contribution in [3.63, 3.8) is 0 Å². The minimum atomic E-state index is -3.41. The topological polar surface area (TPSA) is 49.4 Å². The number of sulfonamides is 1. The fourth-order valence-corrected chi connectivity index (χ4v) is 4.44. The van der Waals surface area contributed by atoms with Crippen molar-refractivity contribution in [2.24, 2.45) is 0 Å². The van der Waals surface area contributed by atoms with Crippen LogP contribution in [0.3, 0.4) is 0 Å². The fourth-order valence-electron chi connectivity index (χ4n) is 2.46. The second-order valence-corrected chi connectivity index (χ2v) is 7.38. The molecule has 0 unspecified atom stereocenters. The van der Waals surface area contributed by atoms with Gasteiger partial charge in [-0.1, -0.05) is 19.9 Å². The zero-order valence-corrected chi connectivity index (χ0v) is 14.7. The number of nitrogens with zero attached hydrogens (tertiary/aromatic N) is 1. The molecule has 0 heterocycles. The Kier molecular flexibility index (Phi) is 6.84. The minimum Gasteiger partial charge on any atom is -0.316 e. The van der Waals surface area contributed by atoms with Crippen LogP contribution < -0.4 is 5.32 Å². The molecule has 0 aliphatic carbocycles. The molecule has 1 N–H and O–H groups in total. The quantitative estimate of drug-likeness (QED) is 0.803. The molecule has 0 amide bonds. The van der Waals surface area contributed by atoms with E-state index in [-0.39, 0.29) is 0 Å². The van der Waals surface area contributed by atoms with Gasteiger partial charge in [0.2, 0.25) is 10.0 Å². The molecule has 1 aromatic rings. The van der Waals surface area contributed by atoms with Crippen molar-refractivity contribution in [1.29, 1.82) is 0 Å². The Morgan fingerprint density at radius 1 is 1.10 bits per heavy atom. The second kappa shape index (κ2) is 7.92. The molecule has 5 heteroatoms. The number of benzene rings is 1. The summed E-state index contributed by atoms with van der Waals surface area (Å²) in [7, 11) is -1.55. The van der Waals surface area contributed by atoms with E-state index in [1.807, 2.05) is 40.8 Å². The van der Waals surface area contributed by atoms with Crippen molar-refractivity contribution >= 4 is 10.0 Å². The van der Waals surface area contributed by atoms with Crippen molar-refractivity contribution in [2.45, 2.75) is 52.0 Å². The Balaban J connectivity index is 3.34. The average molecular weight is 312 g/mol. The molecule has 0 atom stereocenters. The molecule has 21 heavy (non-hydrogen) atoms. The molecule has 0 fully saturated rings. The number of hydrogen-bond donors (Lipinski definition) is 1. The molecule has 120 valence electrons. The molecule has 0 radical (unpaired) electrons. The molecule has 0 saturated heterocycles. The third kappa shape index (κ3) is 4.28. The molecule has 1 rings (SSSR count). The van der Waals surface area contributed by atoms with E-state index in [1.54, 1.807) is 4.31 Å². The van der Waals surface area contributed by atoms with Crippen LogP contribution in [0.2, 0.25) is 0 Å². The summed E-state index contributed by atoms with van der Waals surface area (Å²) in [4.78, 5) is 0.453. The second-order valence-electron chi connectivity index (χ2n) is 5.47. The first-order valence-electron chi connectivity index (χ1n) is 7.63. The number of aryl methyl sites for hydroxylation is 1.